The van der Waals surface area contributed by atoms with Crippen LogP contribution in [0.25, 0.3) is 0 Å². The molecule has 1 nitrogen and oxygen atoms in total. The van der Waals surface area contributed by atoms with Gasteiger partial charge in [-0.15, -0.1) is 6.58 Å². The first kappa shape index (κ1) is 9.23. The maximum absolute atomic E-state index is 5.60. The molecule has 0 aliphatic rings. The van der Waals surface area contributed by atoms with E-state index in [9.17, 15) is 0 Å². The predicted molar refractivity (Wildman–Crippen MR) is 55.2 cm³/mol. The molecule has 0 bridgehead atoms. The van der Waals surface area contributed by atoms with Gasteiger partial charge in [0.15, 0.2) is 0 Å². The summed E-state index contributed by atoms with van der Waals surface area (Å²) in [6.45, 7) is 6.47. The minimum Gasteiger partial charge on any atom is -0.412 e. The lowest BCUT2D eigenvalue weighted by atomic mass is 10.4. The topological polar surface area (TPSA) is 9.23 Å². The molecule has 0 saturated heterocycles. The summed E-state index contributed by atoms with van der Waals surface area (Å²) in [5.74, 6) is 0. The molecule has 64 valence electrons. The van der Waals surface area contributed by atoms with E-state index in [1.807, 2.05) is 6.07 Å². The molecule has 0 aromatic heterocycles. The highest BCUT2D eigenvalue weighted by atomic mass is 28.3. The number of rotatable bonds is 4. The fourth-order valence-electron chi connectivity index (χ4n) is 1.03. The molecule has 12 heavy (non-hydrogen) atoms. The monoisotopic (exact) mass is 178 g/mol. The molecule has 0 saturated carbocycles. The van der Waals surface area contributed by atoms with Crippen molar-refractivity contribution in [3.8, 4) is 0 Å². The minimum atomic E-state index is -1.15. The van der Waals surface area contributed by atoms with E-state index in [1.165, 1.54) is 5.19 Å². The summed E-state index contributed by atoms with van der Waals surface area (Å²) in [4.78, 5) is 0. The van der Waals surface area contributed by atoms with E-state index in [0.29, 0.717) is 6.61 Å². The molecule has 0 N–H and O–H groups in total. The van der Waals surface area contributed by atoms with Gasteiger partial charge in [0.05, 0.1) is 6.61 Å². The third-order valence-electron chi connectivity index (χ3n) is 1.73. The Bertz CT molecular complexity index is 233. The van der Waals surface area contributed by atoms with Gasteiger partial charge in [-0.3, -0.25) is 0 Å². The predicted octanol–water partition coefficient (Wildman–Crippen LogP) is 1.45. The van der Waals surface area contributed by atoms with Gasteiger partial charge in [0, 0.05) is 0 Å². The first-order valence-corrected chi connectivity index (χ1v) is 6.32. The van der Waals surface area contributed by atoms with Crippen molar-refractivity contribution in [2.45, 2.75) is 6.55 Å². The van der Waals surface area contributed by atoms with Crippen LogP contribution in [-0.4, -0.2) is 15.6 Å². The first-order chi connectivity index (χ1) is 5.84. The van der Waals surface area contributed by atoms with Gasteiger partial charge >= 0.3 is 0 Å². The molecule has 0 heterocycles. The van der Waals surface area contributed by atoms with Crippen molar-refractivity contribution in [1.82, 2.24) is 0 Å². The van der Waals surface area contributed by atoms with Crippen LogP contribution in [0.1, 0.15) is 0 Å². The molecule has 1 atom stereocenters. The molecule has 0 amide bonds. The Balaban J connectivity index is 2.53. The van der Waals surface area contributed by atoms with Crippen LogP contribution in [0.15, 0.2) is 43.0 Å². The van der Waals surface area contributed by atoms with E-state index < -0.39 is 9.04 Å². The maximum atomic E-state index is 5.60. The standard InChI is InChI=1S/C10H14OSi/c1-3-9-11-12(2)10-7-5-4-6-8-10/h3-8,12H,1,9H2,2H3. The summed E-state index contributed by atoms with van der Waals surface area (Å²) in [7, 11) is -1.15. The Morgan fingerprint density at radius 3 is 2.67 bits per heavy atom. The molecular formula is C10H14OSi. The van der Waals surface area contributed by atoms with Crippen molar-refractivity contribution in [2.75, 3.05) is 6.61 Å². The third-order valence-corrected chi connectivity index (χ3v) is 3.75. The van der Waals surface area contributed by atoms with E-state index in [-0.39, 0.29) is 0 Å². The van der Waals surface area contributed by atoms with Gasteiger partial charge in [0.25, 0.3) is 0 Å². The second-order valence-electron chi connectivity index (χ2n) is 2.67. The zero-order valence-electron chi connectivity index (χ0n) is 7.36. The SMILES string of the molecule is C=CCO[SiH](C)c1ccccc1. The van der Waals surface area contributed by atoms with Crippen molar-refractivity contribution < 1.29 is 4.43 Å². The molecule has 1 rings (SSSR count). The highest BCUT2D eigenvalue weighted by Gasteiger charge is 2.05. The van der Waals surface area contributed by atoms with Gasteiger partial charge in [0.1, 0.15) is 0 Å². The van der Waals surface area contributed by atoms with E-state index in [4.69, 9.17) is 4.43 Å². The second-order valence-corrected chi connectivity index (χ2v) is 4.96. The van der Waals surface area contributed by atoms with Gasteiger partial charge in [-0.1, -0.05) is 36.4 Å². The Morgan fingerprint density at radius 2 is 2.08 bits per heavy atom. The number of hydrogen-bond acceptors (Lipinski definition) is 1. The molecule has 0 spiro atoms. The number of benzene rings is 1. The summed E-state index contributed by atoms with van der Waals surface area (Å²) in [5, 5.41) is 1.35. The Labute approximate surface area is 75.4 Å². The largest absolute Gasteiger partial charge is 0.412 e. The van der Waals surface area contributed by atoms with E-state index in [1.54, 1.807) is 6.08 Å². The van der Waals surface area contributed by atoms with Crippen LogP contribution in [0.3, 0.4) is 0 Å². The molecule has 2 heteroatoms. The van der Waals surface area contributed by atoms with E-state index in [0.717, 1.165) is 0 Å². The van der Waals surface area contributed by atoms with Gasteiger partial charge in [-0.2, -0.15) is 0 Å². The Morgan fingerprint density at radius 1 is 1.42 bits per heavy atom. The van der Waals surface area contributed by atoms with Crippen molar-refractivity contribution in [3.63, 3.8) is 0 Å². The van der Waals surface area contributed by atoms with Crippen molar-refractivity contribution in [1.29, 1.82) is 0 Å². The Hall–Kier alpha value is -0.863. The summed E-state index contributed by atoms with van der Waals surface area (Å²) in [6, 6.07) is 10.4. The second kappa shape index (κ2) is 4.90. The fourth-order valence-corrected chi connectivity index (χ4v) is 2.41. The van der Waals surface area contributed by atoms with Crippen LogP contribution in [0, 0.1) is 0 Å². The van der Waals surface area contributed by atoms with E-state index >= 15 is 0 Å². The van der Waals surface area contributed by atoms with Crippen molar-refractivity contribution in [2.24, 2.45) is 0 Å². The van der Waals surface area contributed by atoms with E-state index in [2.05, 4.69) is 37.4 Å². The third kappa shape index (κ3) is 2.64. The molecule has 1 unspecified atom stereocenters. The molecule has 0 radical (unpaired) electrons. The maximum Gasteiger partial charge on any atom is 0.205 e. The summed E-state index contributed by atoms with van der Waals surface area (Å²) in [5.41, 5.74) is 0. The highest BCUT2D eigenvalue weighted by molar-refractivity contribution is 6.66. The molecule has 1 aromatic carbocycles. The lowest BCUT2D eigenvalue weighted by molar-refractivity contribution is 0.379. The van der Waals surface area contributed by atoms with Crippen LogP contribution in [-0.2, 0) is 4.43 Å². The smallest absolute Gasteiger partial charge is 0.205 e. The summed E-state index contributed by atoms with van der Waals surface area (Å²) >= 11 is 0. The lowest BCUT2D eigenvalue weighted by Crippen LogP contribution is -2.29. The fraction of sp³-hybridized carbons (Fsp3) is 0.200. The minimum absolute atomic E-state index is 0.669. The van der Waals surface area contributed by atoms with Crippen LogP contribution in [0.2, 0.25) is 6.55 Å². The average Bonchev–Trinajstić information content (AvgIpc) is 2.15. The van der Waals surface area contributed by atoms with Gasteiger partial charge < -0.3 is 4.43 Å². The molecule has 0 aliphatic heterocycles. The van der Waals surface area contributed by atoms with Gasteiger partial charge in [-0.05, 0) is 11.7 Å². The lowest BCUT2D eigenvalue weighted by Gasteiger charge is -2.09. The molecular weight excluding hydrogens is 164 g/mol. The van der Waals surface area contributed by atoms with Crippen molar-refractivity contribution >= 4 is 14.2 Å². The van der Waals surface area contributed by atoms with Crippen molar-refractivity contribution in [3.05, 3.63) is 43.0 Å². The first-order valence-electron chi connectivity index (χ1n) is 4.12. The van der Waals surface area contributed by atoms with Crippen LogP contribution in [0.4, 0.5) is 0 Å². The van der Waals surface area contributed by atoms with Crippen LogP contribution < -0.4 is 5.19 Å². The Kier molecular flexibility index (Phi) is 3.77. The van der Waals surface area contributed by atoms with Crippen LogP contribution >= 0.6 is 0 Å². The highest BCUT2D eigenvalue weighted by Crippen LogP contribution is 1.90. The zero-order valence-corrected chi connectivity index (χ0v) is 8.52. The quantitative estimate of drug-likeness (QED) is 0.501. The molecule has 1 aromatic rings. The molecule has 0 aliphatic carbocycles. The normalized spacial score (nSPS) is 12.4. The summed E-state index contributed by atoms with van der Waals surface area (Å²) in [6.07, 6.45) is 1.80. The number of hydrogen-bond donors (Lipinski definition) is 0. The van der Waals surface area contributed by atoms with Gasteiger partial charge in [0.2, 0.25) is 9.04 Å². The van der Waals surface area contributed by atoms with Crippen LogP contribution in [0.5, 0.6) is 0 Å². The molecule has 0 fully saturated rings. The summed E-state index contributed by atoms with van der Waals surface area (Å²) < 4.78 is 5.60. The zero-order chi connectivity index (χ0) is 8.81. The van der Waals surface area contributed by atoms with Gasteiger partial charge in [-0.25, -0.2) is 0 Å². The average molecular weight is 178 g/mol.